The molecule has 98 valence electrons. The van der Waals surface area contributed by atoms with Crippen LogP contribution in [0, 0.1) is 13.8 Å². The van der Waals surface area contributed by atoms with Crippen molar-refractivity contribution >= 4 is 11.6 Å². The monoisotopic (exact) mass is 248 g/mol. The molecule has 4 nitrogen and oxygen atoms in total. The van der Waals surface area contributed by atoms with Crippen LogP contribution < -0.4 is 10.6 Å². The molecular formula is C14H20N2O2. The number of anilines is 1. The predicted octanol–water partition coefficient (Wildman–Crippen LogP) is 1.62. The number of rotatable bonds is 2. The van der Waals surface area contributed by atoms with Crippen molar-refractivity contribution in [3.63, 3.8) is 0 Å². The molecule has 1 heterocycles. The number of amides is 1. The molecule has 2 atom stereocenters. The molecular weight excluding hydrogens is 228 g/mol. The maximum atomic E-state index is 12.2. The summed E-state index contributed by atoms with van der Waals surface area (Å²) < 4.78 is 5.48. The van der Waals surface area contributed by atoms with Gasteiger partial charge in [0.2, 0.25) is 5.91 Å². The second kappa shape index (κ2) is 5.50. The number of hydrogen-bond acceptors (Lipinski definition) is 3. The molecule has 1 aromatic rings. The van der Waals surface area contributed by atoms with Gasteiger partial charge in [-0.05, 0) is 38.0 Å². The van der Waals surface area contributed by atoms with E-state index in [4.69, 9.17) is 4.74 Å². The van der Waals surface area contributed by atoms with Crippen molar-refractivity contribution < 1.29 is 9.53 Å². The summed E-state index contributed by atoms with van der Waals surface area (Å²) in [5.74, 6) is -0.0316. The average molecular weight is 248 g/mol. The van der Waals surface area contributed by atoms with Gasteiger partial charge < -0.3 is 15.4 Å². The first kappa shape index (κ1) is 13.1. The van der Waals surface area contributed by atoms with E-state index in [0.717, 1.165) is 23.4 Å². The van der Waals surface area contributed by atoms with Crippen LogP contribution in [0.1, 0.15) is 18.1 Å². The van der Waals surface area contributed by atoms with Gasteiger partial charge in [0.05, 0.1) is 12.7 Å². The first-order valence-corrected chi connectivity index (χ1v) is 6.31. The molecule has 1 aliphatic heterocycles. The third-order valence-corrected chi connectivity index (χ3v) is 3.25. The molecule has 2 N–H and O–H groups in total. The lowest BCUT2D eigenvalue weighted by atomic mass is 10.1. The molecule has 1 fully saturated rings. The van der Waals surface area contributed by atoms with Crippen LogP contribution in [-0.2, 0) is 9.53 Å². The zero-order valence-electron chi connectivity index (χ0n) is 11.1. The molecule has 0 radical (unpaired) electrons. The van der Waals surface area contributed by atoms with E-state index in [9.17, 15) is 4.79 Å². The van der Waals surface area contributed by atoms with Gasteiger partial charge in [0.25, 0.3) is 0 Å². The van der Waals surface area contributed by atoms with E-state index in [2.05, 4.69) is 10.6 Å². The van der Waals surface area contributed by atoms with Crippen LogP contribution in [0.3, 0.4) is 0 Å². The topological polar surface area (TPSA) is 50.4 Å². The Morgan fingerprint density at radius 1 is 1.44 bits per heavy atom. The highest BCUT2D eigenvalue weighted by Crippen LogP contribution is 2.17. The molecule has 1 aromatic carbocycles. The van der Waals surface area contributed by atoms with Crippen LogP contribution in [0.5, 0.6) is 0 Å². The predicted molar refractivity (Wildman–Crippen MR) is 71.8 cm³/mol. The fourth-order valence-electron chi connectivity index (χ4n) is 2.11. The summed E-state index contributed by atoms with van der Waals surface area (Å²) in [7, 11) is 0. The Kier molecular flexibility index (Phi) is 3.99. The highest BCUT2D eigenvalue weighted by atomic mass is 16.5. The first-order chi connectivity index (χ1) is 8.58. The average Bonchev–Trinajstić information content (AvgIpc) is 2.34. The Morgan fingerprint density at radius 2 is 2.22 bits per heavy atom. The van der Waals surface area contributed by atoms with Gasteiger partial charge in [-0.1, -0.05) is 12.1 Å². The second-order valence-corrected chi connectivity index (χ2v) is 4.82. The van der Waals surface area contributed by atoms with E-state index < -0.39 is 0 Å². The molecule has 0 aromatic heterocycles. The summed E-state index contributed by atoms with van der Waals surface area (Å²) in [6.07, 6.45) is -0.0936. The van der Waals surface area contributed by atoms with Crippen molar-refractivity contribution in [3.8, 4) is 0 Å². The van der Waals surface area contributed by atoms with Crippen molar-refractivity contribution in [1.29, 1.82) is 0 Å². The van der Waals surface area contributed by atoms with E-state index in [1.807, 2.05) is 39.0 Å². The van der Waals surface area contributed by atoms with Gasteiger partial charge in [0.15, 0.2) is 0 Å². The summed E-state index contributed by atoms with van der Waals surface area (Å²) in [6.45, 7) is 7.30. The van der Waals surface area contributed by atoms with E-state index in [1.165, 1.54) is 0 Å². The third-order valence-electron chi connectivity index (χ3n) is 3.25. The Hall–Kier alpha value is -1.39. The molecule has 4 heteroatoms. The summed E-state index contributed by atoms with van der Waals surface area (Å²) >= 11 is 0. The molecule has 1 aliphatic rings. The minimum atomic E-state index is -0.279. The lowest BCUT2D eigenvalue weighted by Crippen LogP contribution is -2.53. The van der Waals surface area contributed by atoms with Crippen molar-refractivity contribution in [2.24, 2.45) is 0 Å². The van der Waals surface area contributed by atoms with Crippen LogP contribution in [0.4, 0.5) is 5.69 Å². The maximum absolute atomic E-state index is 12.2. The van der Waals surface area contributed by atoms with Crippen molar-refractivity contribution in [2.45, 2.75) is 32.9 Å². The summed E-state index contributed by atoms with van der Waals surface area (Å²) in [6, 6.07) is 5.76. The number of nitrogens with one attached hydrogen (secondary N) is 2. The Labute approximate surface area is 108 Å². The number of carbonyl (C=O) groups excluding carboxylic acids is 1. The van der Waals surface area contributed by atoms with Crippen LogP contribution >= 0.6 is 0 Å². The van der Waals surface area contributed by atoms with Crippen LogP contribution in [0.2, 0.25) is 0 Å². The van der Waals surface area contributed by atoms with Crippen LogP contribution in [0.15, 0.2) is 18.2 Å². The summed E-state index contributed by atoms with van der Waals surface area (Å²) in [5.41, 5.74) is 3.08. The van der Waals surface area contributed by atoms with Crippen molar-refractivity contribution in [3.05, 3.63) is 29.3 Å². The zero-order valence-corrected chi connectivity index (χ0v) is 11.1. The quantitative estimate of drug-likeness (QED) is 0.836. The summed E-state index contributed by atoms with van der Waals surface area (Å²) in [5, 5.41) is 6.16. The Bertz CT molecular complexity index is 445. The van der Waals surface area contributed by atoms with Crippen molar-refractivity contribution in [2.75, 3.05) is 18.5 Å². The third kappa shape index (κ3) is 2.89. The minimum absolute atomic E-state index is 0.0316. The van der Waals surface area contributed by atoms with Gasteiger partial charge in [-0.3, -0.25) is 4.79 Å². The molecule has 0 unspecified atom stereocenters. The van der Waals surface area contributed by atoms with E-state index in [-0.39, 0.29) is 18.1 Å². The smallest absolute Gasteiger partial charge is 0.244 e. The first-order valence-electron chi connectivity index (χ1n) is 6.31. The van der Waals surface area contributed by atoms with Crippen molar-refractivity contribution in [1.82, 2.24) is 5.32 Å². The number of carbonyl (C=O) groups is 1. The second-order valence-electron chi connectivity index (χ2n) is 4.82. The van der Waals surface area contributed by atoms with Gasteiger partial charge >= 0.3 is 0 Å². The standard InChI is InChI=1S/C14H20N2O2/c1-9-4-5-10(2)12(8-9)16-14(17)13-11(3)18-7-6-15-13/h4-5,8,11,13,15H,6-7H2,1-3H3,(H,16,17)/t11-,13+/m1/s1. The zero-order chi connectivity index (χ0) is 13.1. The van der Waals surface area contributed by atoms with Gasteiger partial charge in [-0.15, -0.1) is 0 Å². The highest BCUT2D eigenvalue weighted by Gasteiger charge is 2.28. The van der Waals surface area contributed by atoms with Crippen LogP contribution in [0.25, 0.3) is 0 Å². The number of ether oxygens (including phenoxy) is 1. The van der Waals surface area contributed by atoms with Gasteiger partial charge in [-0.2, -0.15) is 0 Å². The lowest BCUT2D eigenvalue weighted by molar-refractivity contribution is -0.123. The minimum Gasteiger partial charge on any atom is -0.375 e. The molecule has 1 amide bonds. The van der Waals surface area contributed by atoms with Gasteiger partial charge in [0.1, 0.15) is 6.04 Å². The number of hydrogen-bond donors (Lipinski definition) is 2. The molecule has 0 aliphatic carbocycles. The number of morpholine rings is 1. The van der Waals surface area contributed by atoms with E-state index >= 15 is 0 Å². The molecule has 0 saturated carbocycles. The molecule has 0 spiro atoms. The number of benzene rings is 1. The Balaban J connectivity index is 2.08. The lowest BCUT2D eigenvalue weighted by Gasteiger charge is -2.29. The fourth-order valence-corrected chi connectivity index (χ4v) is 2.11. The van der Waals surface area contributed by atoms with Gasteiger partial charge in [0, 0.05) is 12.2 Å². The largest absolute Gasteiger partial charge is 0.375 e. The molecule has 18 heavy (non-hydrogen) atoms. The van der Waals surface area contributed by atoms with Crippen LogP contribution in [-0.4, -0.2) is 31.2 Å². The SMILES string of the molecule is Cc1ccc(C)c(NC(=O)[C@H]2NCCO[C@@H]2C)c1. The molecule has 0 bridgehead atoms. The van der Waals surface area contributed by atoms with E-state index in [1.54, 1.807) is 0 Å². The summed E-state index contributed by atoms with van der Waals surface area (Å²) in [4.78, 5) is 12.2. The molecule has 2 rings (SSSR count). The maximum Gasteiger partial charge on any atom is 0.244 e. The van der Waals surface area contributed by atoms with Gasteiger partial charge in [-0.25, -0.2) is 0 Å². The Morgan fingerprint density at radius 3 is 2.94 bits per heavy atom. The van der Waals surface area contributed by atoms with E-state index in [0.29, 0.717) is 6.61 Å². The molecule has 1 saturated heterocycles. The normalized spacial score (nSPS) is 23.7. The fraction of sp³-hybridized carbons (Fsp3) is 0.500. The number of aryl methyl sites for hydroxylation is 2. The highest BCUT2D eigenvalue weighted by molar-refractivity contribution is 5.96.